The van der Waals surface area contributed by atoms with Crippen LogP contribution in [0, 0.1) is 13.8 Å². The number of halogens is 1. The summed E-state index contributed by atoms with van der Waals surface area (Å²) >= 11 is 6.00. The van der Waals surface area contributed by atoms with Crippen LogP contribution in [0.4, 0.5) is 0 Å². The van der Waals surface area contributed by atoms with Crippen LogP contribution < -0.4 is 0 Å². The molecule has 7 heteroatoms. The molecular weight excluding hydrogens is 402 g/mol. The van der Waals surface area contributed by atoms with Gasteiger partial charge in [-0.05, 0) is 55.3 Å². The molecule has 0 radical (unpaired) electrons. The number of benzene rings is 2. The summed E-state index contributed by atoms with van der Waals surface area (Å²) in [7, 11) is 0. The molecule has 0 unspecified atom stereocenters. The molecule has 1 aliphatic rings. The summed E-state index contributed by atoms with van der Waals surface area (Å²) in [6.07, 6.45) is 0.864. The highest BCUT2D eigenvalue weighted by Crippen LogP contribution is 2.32. The molecule has 4 aromatic rings. The van der Waals surface area contributed by atoms with Gasteiger partial charge in [0.05, 0.1) is 18.7 Å². The molecule has 2 aromatic carbocycles. The molecule has 0 saturated heterocycles. The first-order valence-corrected chi connectivity index (χ1v) is 10.2. The Kier molecular flexibility index (Phi) is 4.59. The Balaban J connectivity index is 1.39. The molecule has 0 spiro atoms. The molecule has 0 aliphatic carbocycles. The van der Waals surface area contributed by atoms with E-state index in [1.165, 1.54) is 0 Å². The lowest BCUT2D eigenvalue weighted by Gasteiger charge is -2.26. The van der Waals surface area contributed by atoms with Crippen molar-refractivity contribution in [1.29, 1.82) is 0 Å². The number of hydrogen-bond acceptors (Lipinski definition) is 5. The van der Waals surface area contributed by atoms with Crippen molar-refractivity contribution in [1.82, 2.24) is 15.2 Å². The maximum Gasteiger partial charge on any atom is 0.229 e. The van der Waals surface area contributed by atoms with E-state index in [0.29, 0.717) is 36.0 Å². The third-order valence-electron chi connectivity index (χ3n) is 5.59. The monoisotopic (exact) mass is 421 g/mol. The second kappa shape index (κ2) is 7.29. The Labute approximate surface area is 178 Å². The smallest absolute Gasteiger partial charge is 0.229 e. The van der Waals surface area contributed by atoms with Crippen molar-refractivity contribution in [2.24, 2.45) is 0 Å². The van der Waals surface area contributed by atoms with Crippen molar-refractivity contribution >= 4 is 28.5 Å². The molecule has 3 heterocycles. The van der Waals surface area contributed by atoms with Crippen molar-refractivity contribution in [3.8, 4) is 11.3 Å². The molecule has 0 atom stereocenters. The first kappa shape index (κ1) is 18.9. The lowest BCUT2D eigenvalue weighted by Crippen LogP contribution is -2.37. The molecule has 0 N–H and O–H groups in total. The van der Waals surface area contributed by atoms with Crippen LogP contribution in [-0.2, 0) is 24.2 Å². The zero-order valence-corrected chi connectivity index (χ0v) is 17.5. The SMILES string of the molecule is Cc1cc(C)c2onc(CC(=O)N3CCc4noc(-c5ccc(Cl)cc5)c4C3)c2c1. The van der Waals surface area contributed by atoms with Crippen molar-refractivity contribution in [2.45, 2.75) is 33.2 Å². The highest BCUT2D eigenvalue weighted by atomic mass is 35.5. The number of fused-ring (bicyclic) bond motifs is 2. The Morgan fingerprint density at radius 3 is 2.73 bits per heavy atom. The van der Waals surface area contributed by atoms with Crippen LogP contribution in [0.1, 0.15) is 28.1 Å². The largest absolute Gasteiger partial charge is 0.356 e. The van der Waals surface area contributed by atoms with Crippen molar-refractivity contribution in [3.63, 3.8) is 0 Å². The van der Waals surface area contributed by atoms with Gasteiger partial charge >= 0.3 is 0 Å². The number of nitrogens with zero attached hydrogens (tertiary/aromatic N) is 3. The fourth-order valence-electron chi connectivity index (χ4n) is 4.08. The van der Waals surface area contributed by atoms with Crippen LogP contribution in [0.2, 0.25) is 5.02 Å². The first-order chi connectivity index (χ1) is 14.5. The van der Waals surface area contributed by atoms with Crippen LogP contribution in [0.15, 0.2) is 45.4 Å². The van der Waals surface area contributed by atoms with Crippen LogP contribution in [0.5, 0.6) is 0 Å². The van der Waals surface area contributed by atoms with Gasteiger partial charge in [-0.2, -0.15) is 0 Å². The number of carbonyl (C=O) groups is 1. The van der Waals surface area contributed by atoms with E-state index in [-0.39, 0.29) is 12.3 Å². The lowest BCUT2D eigenvalue weighted by atomic mass is 10.0. The van der Waals surface area contributed by atoms with Crippen LogP contribution in [-0.4, -0.2) is 27.7 Å². The highest BCUT2D eigenvalue weighted by Gasteiger charge is 2.28. The molecule has 1 aliphatic heterocycles. The van der Waals surface area contributed by atoms with E-state index < -0.39 is 0 Å². The predicted molar refractivity (Wildman–Crippen MR) is 113 cm³/mol. The zero-order valence-electron chi connectivity index (χ0n) is 16.7. The predicted octanol–water partition coefficient (Wildman–Crippen LogP) is 4.88. The summed E-state index contributed by atoms with van der Waals surface area (Å²) in [6, 6.07) is 11.5. The molecular formula is C23H20ClN3O3. The normalized spacial score (nSPS) is 13.6. The van der Waals surface area contributed by atoms with Gasteiger partial charge in [0.1, 0.15) is 5.69 Å². The Morgan fingerprint density at radius 1 is 1.13 bits per heavy atom. The minimum absolute atomic E-state index is 0.0123. The van der Waals surface area contributed by atoms with Crippen molar-refractivity contribution in [2.75, 3.05) is 6.54 Å². The summed E-state index contributed by atoms with van der Waals surface area (Å²) in [6.45, 7) is 5.08. The Hall–Kier alpha value is -3.12. The van der Waals surface area contributed by atoms with Gasteiger partial charge in [-0.15, -0.1) is 0 Å². The van der Waals surface area contributed by atoms with Gasteiger partial charge in [-0.1, -0.05) is 28.0 Å². The van der Waals surface area contributed by atoms with E-state index in [1.54, 1.807) is 0 Å². The molecule has 6 nitrogen and oxygen atoms in total. The van der Waals surface area contributed by atoms with Gasteiger partial charge in [0.25, 0.3) is 0 Å². The minimum atomic E-state index is 0.0123. The summed E-state index contributed by atoms with van der Waals surface area (Å²) in [5, 5.41) is 9.96. The van der Waals surface area contributed by atoms with Gasteiger partial charge in [0, 0.05) is 34.5 Å². The molecule has 152 valence electrons. The summed E-state index contributed by atoms with van der Waals surface area (Å²) < 4.78 is 11.1. The second-order valence-corrected chi connectivity index (χ2v) is 8.21. The second-order valence-electron chi connectivity index (χ2n) is 7.77. The Bertz CT molecular complexity index is 1260. The number of hydrogen-bond donors (Lipinski definition) is 0. The van der Waals surface area contributed by atoms with Gasteiger partial charge < -0.3 is 13.9 Å². The van der Waals surface area contributed by atoms with E-state index >= 15 is 0 Å². The zero-order chi connectivity index (χ0) is 20.8. The van der Waals surface area contributed by atoms with Gasteiger partial charge in [-0.3, -0.25) is 4.79 Å². The molecule has 0 bridgehead atoms. The summed E-state index contributed by atoms with van der Waals surface area (Å²) in [4.78, 5) is 14.9. The number of aromatic nitrogens is 2. The molecule has 30 heavy (non-hydrogen) atoms. The average Bonchev–Trinajstić information content (AvgIpc) is 3.33. The van der Waals surface area contributed by atoms with E-state index in [9.17, 15) is 4.79 Å². The third-order valence-corrected chi connectivity index (χ3v) is 5.84. The lowest BCUT2D eigenvalue weighted by molar-refractivity contribution is -0.131. The molecule has 2 aromatic heterocycles. The molecule has 0 saturated carbocycles. The van der Waals surface area contributed by atoms with Gasteiger partial charge in [0.15, 0.2) is 11.3 Å². The van der Waals surface area contributed by atoms with E-state index in [4.69, 9.17) is 20.6 Å². The maximum atomic E-state index is 13.1. The topological polar surface area (TPSA) is 72.4 Å². The summed E-state index contributed by atoms with van der Waals surface area (Å²) in [5.41, 5.74) is 6.32. The summed E-state index contributed by atoms with van der Waals surface area (Å²) in [5.74, 6) is 0.704. The fraction of sp³-hybridized carbons (Fsp3) is 0.261. The quantitative estimate of drug-likeness (QED) is 0.471. The van der Waals surface area contributed by atoms with Crippen LogP contribution in [0.25, 0.3) is 22.3 Å². The number of rotatable bonds is 3. The number of amides is 1. The van der Waals surface area contributed by atoms with E-state index in [0.717, 1.165) is 38.9 Å². The molecule has 1 amide bonds. The van der Waals surface area contributed by atoms with E-state index in [1.807, 2.05) is 49.1 Å². The highest BCUT2D eigenvalue weighted by molar-refractivity contribution is 6.30. The van der Waals surface area contributed by atoms with Gasteiger partial charge in [0.2, 0.25) is 5.91 Å². The van der Waals surface area contributed by atoms with Crippen molar-refractivity contribution < 1.29 is 13.8 Å². The molecule has 0 fully saturated rings. The first-order valence-electron chi connectivity index (χ1n) is 9.86. The fourth-order valence-corrected chi connectivity index (χ4v) is 4.20. The maximum absolute atomic E-state index is 13.1. The Morgan fingerprint density at radius 2 is 1.93 bits per heavy atom. The van der Waals surface area contributed by atoms with Crippen LogP contribution >= 0.6 is 11.6 Å². The van der Waals surface area contributed by atoms with Crippen LogP contribution in [0.3, 0.4) is 0 Å². The number of aryl methyl sites for hydroxylation is 2. The third kappa shape index (κ3) is 3.27. The van der Waals surface area contributed by atoms with Gasteiger partial charge in [-0.25, -0.2) is 0 Å². The van der Waals surface area contributed by atoms with E-state index in [2.05, 4.69) is 16.4 Å². The number of carbonyl (C=O) groups excluding carboxylic acids is 1. The molecule has 5 rings (SSSR count). The average molecular weight is 422 g/mol. The standard InChI is InChI=1S/C23H20ClN3O3/c1-13-9-14(2)22-17(10-13)20(26-29-22)11-21(28)27-8-7-19-18(12-27)23(30-25-19)15-3-5-16(24)6-4-15/h3-6,9-10H,7-8,11-12H2,1-2H3. The van der Waals surface area contributed by atoms with Crippen molar-refractivity contribution in [3.05, 3.63) is 69.5 Å². The minimum Gasteiger partial charge on any atom is -0.356 e.